The second-order valence-electron chi connectivity index (χ2n) is 7.45. The summed E-state index contributed by atoms with van der Waals surface area (Å²) in [6, 6.07) is 19.2. The van der Waals surface area contributed by atoms with E-state index in [1.165, 1.54) is 5.56 Å². The molecule has 0 fully saturated rings. The molecule has 0 spiro atoms. The van der Waals surface area contributed by atoms with E-state index >= 15 is 0 Å². The van der Waals surface area contributed by atoms with Crippen molar-refractivity contribution in [2.24, 2.45) is 0 Å². The van der Waals surface area contributed by atoms with Crippen molar-refractivity contribution in [2.45, 2.75) is 26.4 Å². The van der Waals surface area contributed by atoms with Gasteiger partial charge in [0.1, 0.15) is 11.5 Å². The number of H-pyrrole nitrogens is 1. The Morgan fingerprint density at radius 3 is 2.69 bits per heavy atom. The predicted octanol–water partition coefficient (Wildman–Crippen LogP) is 5.09. The molecule has 0 saturated heterocycles. The number of fused-ring (bicyclic) bond motifs is 1. The van der Waals surface area contributed by atoms with Crippen molar-refractivity contribution >= 4 is 33.9 Å². The molecule has 0 aliphatic carbocycles. The van der Waals surface area contributed by atoms with E-state index in [1.807, 2.05) is 59.5 Å². The zero-order chi connectivity index (χ0) is 22.5. The molecule has 6 nitrogen and oxygen atoms in total. The summed E-state index contributed by atoms with van der Waals surface area (Å²) < 4.78 is 10.9. The molecule has 0 saturated carbocycles. The van der Waals surface area contributed by atoms with Gasteiger partial charge in [0, 0.05) is 22.2 Å². The highest BCUT2D eigenvalue weighted by molar-refractivity contribution is 7.80. The third-order valence-electron chi connectivity index (χ3n) is 5.34. The number of furan rings is 1. The van der Waals surface area contributed by atoms with Crippen LogP contribution in [0.1, 0.15) is 23.8 Å². The van der Waals surface area contributed by atoms with Gasteiger partial charge < -0.3 is 24.4 Å². The Labute approximate surface area is 191 Å². The number of pyridine rings is 1. The average Bonchev–Trinajstić information content (AvgIpc) is 3.32. The van der Waals surface area contributed by atoms with Crippen LogP contribution in [-0.2, 0) is 19.5 Å². The number of thiocarbonyl (C=S) groups is 1. The first-order valence-corrected chi connectivity index (χ1v) is 10.8. The summed E-state index contributed by atoms with van der Waals surface area (Å²) >= 11 is 5.76. The van der Waals surface area contributed by atoms with E-state index in [0.29, 0.717) is 23.8 Å². The van der Waals surface area contributed by atoms with Crippen molar-refractivity contribution in [3.8, 4) is 5.75 Å². The summed E-state index contributed by atoms with van der Waals surface area (Å²) in [7, 11) is 1.62. The van der Waals surface area contributed by atoms with E-state index < -0.39 is 0 Å². The molecule has 2 heterocycles. The molecule has 2 aromatic heterocycles. The highest BCUT2D eigenvalue weighted by Crippen LogP contribution is 2.21. The van der Waals surface area contributed by atoms with E-state index in [-0.39, 0.29) is 5.56 Å². The van der Waals surface area contributed by atoms with Crippen molar-refractivity contribution in [1.82, 2.24) is 9.88 Å². The molecule has 2 aromatic carbocycles. The maximum absolute atomic E-state index is 12.8. The summed E-state index contributed by atoms with van der Waals surface area (Å²) in [5, 5.41) is 4.77. The molecule has 0 unspecified atom stereocenters. The highest BCUT2D eigenvalue weighted by Gasteiger charge is 2.16. The maximum Gasteiger partial charge on any atom is 0.253 e. The molecule has 32 heavy (non-hydrogen) atoms. The van der Waals surface area contributed by atoms with Crippen LogP contribution in [0, 0.1) is 0 Å². The van der Waals surface area contributed by atoms with Crippen LogP contribution in [-0.4, -0.2) is 22.1 Å². The lowest BCUT2D eigenvalue weighted by molar-refractivity contribution is 0.359. The normalized spacial score (nSPS) is 10.8. The minimum atomic E-state index is -0.149. The summed E-state index contributed by atoms with van der Waals surface area (Å²) in [5.74, 6) is 1.49. The number of aromatic amines is 1. The lowest BCUT2D eigenvalue weighted by atomic mass is 10.1. The predicted molar refractivity (Wildman–Crippen MR) is 131 cm³/mol. The van der Waals surface area contributed by atoms with Gasteiger partial charge in [-0.05, 0) is 66.7 Å². The van der Waals surface area contributed by atoms with E-state index in [9.17, 15) is 4.79 Å². The summed E-state index contributed by atoms with van der Waals surface area (Å²) in [6.45, 7) is 2.86. The van der Waals surface area contributed by atoms with Crippen molar-refractivity contribution in [3.63, 3.8) is 0 Å². The van der Waals surface area contributed by atoms with Gasteiger partial charge in [0.05, 0.1) is 26.5 Å². The van der Waals surface area contributed by atoms with E-state index in [2.05, 4.69) is 23.3 Å². The van der Waals surface area contributed by atoms with Gasteiger partial charge in [-0.3, -0.25) is 4.79 Å². The van der Waals surface area contributed by atoms with Gasteiger partial charge in [0.25, 0.3) is 5.56 Å². The fourth-order valence-corrected chi connectivity index (χ4v) is 3.85. The van der Waals surface area contributed by atoms with Gasteiger partial charge >= 0.3 is 0 Å². The van der Waals surface area contributed by atoms with Crippen LogP contribution in [0.15, 0.2) is 76.1 Å². The standard InChI is InChI=1S/C25H25N3O3S/c1-3-17-7-4-5-9-22(17)27-25(32)28(16-21-8-6-12-31-21)15-19-13-18-14-20(30-2)10-11-23(18)26-24(19)29/h4-14H,3,15-16H2,1-2H3,(H,26,29)(H,27,32). The molecule has 0 aliphatic heterocycles. The Morgan fingerprint density at radius 1 is 1.09 bits per heavy atom. The molecule has 2 N–H and O–H groups in total. The summed E-state index contributed by atoms with van der Waals surface area (Å²) in [5.41, 5.74) is 3.34. The fraction of sp³-hybridized carbons (Fsp3) is 0.200. The number of ether oxygens (including phenoxy) is 1. The van der Waals surface area contributed by atoms with Crippen LogP contribution >= 0.6 is 12.2 Å². The lowest BCUT2D eigenvalue weighted by Crippen LogP contribution is -2.35. The SMILES string of the molecule is CCc1ccccc1NC(=S)N(Cc1ccco1)Cc1cc2cc(OC)ccc2[nH]c1=O. The third-order valence-corrected chi connectivity index (χ3v) is 5.70. The molecule has 4 rings (SSSR count). The van der Waals surface area contributed by atoms with Crippen LogP contribution in [0.4, 0.5) is 5.69 Å². The zero-order valence-electron chi connectivity index (χ0n) is 18.1. The van der Waals surface area contributed by atoms with Gasteiger partial charge in [-0.25, -0.2) is 0 Å². The number of nitrogens with zero attached hydrogens (tertiary/aromatic N) is 1. The first kappa shape index (κ1) is 21.6. The maximum atomic E-state index is 12.8. The number of rotatable bonds is 7. The monoisotopic (exact) mass is 447 g/mol. The molecule has 4 aromatic rings. The molecule has 0 amide bonds. The minimum Gasteiger partial charge on any atom is -0.497 e. The van der Waals surface area contributed by atoms with Crippen molar-refractivity contribution in [2.75, 3.05) is 12.4 Å². The largest absolute Gasteiger partial charge is 0.497 e. The number of aryl methyl sites for hydroxylation is 1. The van der Waals surface area contributed by atoms with Gasteiger partial charge in [0.2, 0.25) is 0 Å². The van der Waals surface area contributed by atoms with Crippen LogP contribution < -0.4 is 15.6 Å². The molecule has 0 bridgehead atoms. The van der Waals surface area contributed by atoms with Crippen molar-refractivity contribution in [3.05, 3.63) is 94.2 Å². The van der Waals surface area contributed by atoms with Crippen molar-refractivity contribution in [1.29, 1.82) is 0 Å². The molecule has 0 atom stereocenters. The van der Waals surface area contributed by atoms with Crippen LogP contribution in [0.5, 0.6) is 5.75 Å². The minimum absolute atomic E-state index is 0.149. The molecule has 7 heteroatoms. The fourth-order valence-electron chi connectivity index (χ4n) is 3.61. The number of nitrogens with one attached hydrogen (secondary N) is 2. The smallest absolute Gasteiger partial charge is 0.253 e. The topological polar surface area (TPSA) is 70.5 Å². The summed E-state index contributed by atoms with van der Waals surface area (Å²) in [6.07, 6.45) is 2.52. The molecular formula is C25H25N3O3S. The van der Waals surface area contributed by atoms with E-state index in [0.717, 1.165) is 34.5 Å². The molecule has 0 aliphatic rings. The zero-order valence-corrected chi connectivity index (χ0v) is 18.9. The van der Waals surface area contributed by atoms with Gasteiger partial charge in [-0.2, -0.15) is 0 Å². The van der Waals surface area contributed by atoms with Gasteiger partial charge in [-0.15, -0.1) is 0 Å². The number of hydrogen-bond acceptors (Lipinski definition) is 4. The Kier molecular flexibility index (Phi) is 6.56. The number of para-hydroxylation sites is 1. The van der Waals surface area contributed by atoms with Crippen LogP contribution in [0.25, 0.3) is 10.9 Å². The average molecular weight is 448 g/mol. The first-order chi connectivity index (χ1) is 15.6. The quantitative estimate of drug-likeness (QED) is 0.385. The Balaban J connectivity index is 1.65. The van der Waals surface area contributed by atoms with Crippen molar-refractivity contribution < 1.29 is 9.15 Å². The molecule has 164 valence electrons. The third kappa shape index (κ3) is 4.84. The van der Waals surface area contributed by atoms with E-state index in [4.69, 9.17) is 21.4 Å². The van der Waals surface area contributed by atoms with Crippen LogP contribution in [0.2, 0.25) is 0 Å². The van der Waals surface area contributed by atoms with Gasteiger partial charge in [0.15, 0.2) is 5.11 Å². The number of benzene rings is 2. The Morgan fingerprint density at radius 2 is 1.94 bits per heavy atom. The lowest BCUT2D eigenvalue weighted by Gasteiger charge is -2.25. The van der Waals surface area contributed by atoms with E-state index in [1.54, 1.807) is 13.4 Å². The number of aromatic nitrogens is 1. The summed E-state index contributed by atoms with van der Waals surface area (Å²) in [4.78, 5) is 17.7. The Bertz CT molecular complexity index is 1280. The van der Waals surface area contributed by atoms with Gasteiger partial charge in [-0.1, -0.05) is 25.1 Å². The molecular weight excluding hydrogens is 422 g/mol. The molecule has 0 radical (unpaired) electrons. The van der Waals surface area contributed by atoms with Crippen LogP contribution in [0.3, 0.4) is 0 Å². The Hall–Kier alpha value is -3.58. The first-order valence-electron chi connectivity index (χ1n) is 10.4. The number of anilines is 1. The number of hydrogen-bond donors (Lipinski definition) is 2. The highest BCUT2D eigenvalue weighted by atomic mass is 32.1. The second-order valence-corrected chi connectivity index (χ2v) is 7.84. The number of methoxy groups -OCH3 is 1. The second kappa shape index (κ2) is 9.70.